The number of nitrogens with zero attached hydrogens (tertiary/aromatic N) is 1. The van der Waals surface area contributed by atoms with E-state index in [-0.39, 0.29) is 12.3 Å². The third-order valence-electron chi connectivity index (χ3n) is 6.20. The van der Waals surface area contributed by atoms with Crippen LogP contribution in [-0.4, -0.2) is 37.1 Å². The Morgan fingerprint density at radius 3 is 1.67 bits per heavy atom. The van der Waals surface area contributed by atoms with Crippen LogP contribution in [0.2, 0.25) is 0 Å². The third-order valence-corrected chi connectivity index (χ3v) is 6.20. The fraction of sp³-hybridized carbons (Fsp3) is 0.167. The van der Waals surface area contributed by atoms with E-state index in [1.54, 1.807) is 12.3 Å². The minimum absolute atomic E-state index is 0.212. The predicted molar refractivity (Wildman–Crippen MR) is 138 cm³/mol. The Morgan fingerprint density at radius 1 is 0.778 bits per heavy atom. The summed E-state index contributed by atoms with van der Waals surface area (Å²) in [6.45, 7) is 0. The lowest BCUT2D eigenvalue weighted by atomic mass is 9.68. The Bertz CT molecular complexity index is 1180. The van der Waals surface area contributed by atoms with Crippen molar-refractivity contribution in [1.29, 1.82) is 0 Å². The van der Waals surface area contributed by atoms with Gasteiger partial charge in [-0.2, -0.15) is 0 Å². The predicted octanol–water partition coefficient (Wildman–Crippen LogP) is 4.33. The summed E-state index contributed by atoms with van der Waals surface area (Å²) >= 11 is 0. The van der Waals surface area contributed by atoms with Gasteiger partial charge in [0.25, 0.3) is 0 Å². The van der Waals surface area contributed by atoms with Crippen molar-refractivity contribution in [2.24, 2.45) is 0 Å². The molecule has 4 aromatic rings. The van der Waals surface area contributed by atoms with Crippen LogP contribution >= 0.6 is 0 Å². The molecule has 0 spiro atoms. The van der Waals surface area contributed by atoms with Gasteiger partial charge in [0, 0.05) is 18.7 Å². The molecule has 0 aliphatic rings. The van der Waals surface area contributed by atoms with E-state index in [2.05, 4.69) is 10.3 Å². The summed E-state index contributed by atoms with van der Waals surface area (Å²) < 4.78 is 10.2. The van der Waals surface area contributed by atoms with Gasteiger partial charge in [0.1, 0.15) is 11.5 Å². The van der Waals surface area contributed by atoms with Crippen molar-refractivity contribution < 1.29 is 19.1 Å². The summed E-state index contributed by atoms with van der Waals surface area (Å²) in [5.41, 5.74) is 1.92. The number of nitrogens with one attached hydrogen (secondary N) is 1. The zero-order valence-corrected chi connectivity index (χ0v) is 20.3. The summed E-state index contributed by atoms with van der Waals surface area (Å²) in [6.07, 6.45) is 1.84. The average Bonchev–Trinajstić information content (AvgIpc) is 2.95. The second-order valence-corrected chi connectivity index (χ2v) is 8.31. The Kier molecular flexibility index (Phi) is 7.75. The summed E-state index contributed by atoms with van der Waals surface area (Å²) in [5.74, 6) is -0.404. The van der Waals surface area contributed by atoms with Crippen LogP contribution in [0.5, 0.6) is 5.88 Å². The van der Waals surface area contributed by atoms with Crippen LogP contribution < -0.4 is 10.1 Å². The van der Waals surface area contributed by atoms with Crippen molar-refractivity contribution in [3.63, 3.8) is 0 Å². The first-order valence-corrected chi connectivity index (χ1v) is 11.6. The molecule has 0 aliphatic heterocycles. The lowest BCUT2D eigenvalue weighted by Crippen LogP contribution is -2.52. The van der Waals surface area contributed by atoms with Gasteiger partial charge in [0.15, 0.2) is 0 Å². The van der Waals surface area contributed by atoms with Crippen molar-refractivity contribution in [2.45, 2.75) is 17.9 Å². The first-order valence-electron chi connectivity index (χ1n) is 11.6. The molecule has 3 aromatic carbocycles. The minimum atomic E-state index is -1.20. The number of rotatable bonds is 9. The maximum atomic E-state index is 14.4. The molecule has 1 aromatic heterocycles. The number of carbonyl (C=O) groups excluding carboxylic acids is 2. The standard InChI is InChI=1S/C30H28N2O4/c1-35-27-19-18-22(21-31-27)20-26(28(33)36-2)32-29(34)30(23-12-6-3-7-13-23,24-14-8-4-9-15-24)25-16-10-5-11-17-25/h3-19,21,26H,20H2,1-2H3,(H,32,34)/t26-/m0/s1. The third kappa shape index (κ3) is 4.98. The average molecular weight is 481 g/mol. The van der Waals surface area contributed by atoms with Gasteiger partial charge in [0.05, 0.1) is 14.2 Å². The topological polar surface area (TPSA) is 77.5 Å². The molecule has 0 saturated carbocycles. The molecule has 0 bridgehead atoms. The number of pyridine rings is 1. The van der Waals surface area contributed by atoms with Crippen LogP contribution in [0.15, 0.2) is 109 Å². The fourth-order valence-corrected chi connectivity index (χ4v) is 4.45. The first kappa shape index (κ1) is 24.7. The molecule has 0 saturated heterocycles. The van der Waals surface area contributed by atoms with Gasteiger partial charge in [-0.3, -0.25) is 4.79 Å². The van der Waals surface area contributed by atoms with Gasteiger partial charge in [0.2, 0.25) is 11.8 Å². The number of esters is 1. The van der Waals surface area contributed by atoms with Crippen molar-refractivity contribution in [1.82, 2.24) is 10.3 Å². The normalized spacial score (nSPS) is 11.8. The molecule has 1 atom stereocenters. The Labute approximate surface area is 210 Å². The highest BCUT2D eigenvalue weighted by Gasteiger charge is 2.45. The van der Waals surface area contributed by atoms with Crippen LogP contribution in [0, 0.1) is 0 Å². The van der Waals surface area contributed by atoms with E-state index >= 15 is 0 Å². The minimum Gasteiger partial charge on any atom is -0.481 e. The quantitative estimate of drug-likeness (QED) is 0.285. The summed E-state index contributed by atoms with van der Waals surface area (Å²) in [4.78, 5) is 31.5. The first-order chi connectivity index (χ1) is 17.6. The summed E-state index contributed by atoms with van der Waals surface area (Å²) in [5, 5.41) is 3.01. The fourth-order valence-electron chi connectivity index (χ4n) is 4.45. The second kappa shape index (κ2) is 11.3. The van der Waals surface area contributed by atoms with Gasteiger partial charge < -0.3 is 14.8 Å². The van der Waals surface area contributed by atoms with E-state index in [9.17, 15) is 9.59 Å². The van der Waals surface area contributed by atoms with E-state index in [0.29, 0.717) is 5.88 Å². The number of hydrogen-bond donors (Lipinski definition) is 1. The number of carbonyl (C=O) groups is 2. The Balaban J connectivity index is 1.81. The lowest BCUT2D eigenvalue weighted by molar-refractivity contribution is -0.145. The molecule has 0 radical (unpaired) electrons. The highest BCUT2D eigenvalue weighted by molar-refractivity contribution is 5.98. The lowest BCUT2D eigenvalue weighted by Gasteiger charge is -2.35. The van der Waals surface area contributed by atoms with E-state index in [0.717, 1.165) is 22.3 Å². The van der Waals surface area contributed by atoms with Gasteiger partial charge >= 0.3 is 5.97 Å². The Hall–Kier alpha value is -4.45. The van der Waals surface area contributed by atoms with E-state index in [1.165, 1.54) is 14.2 Å². The van der Waals surface area contributed by atoms with Crippen LogP contribution in [0.4, 0.5) is 0 Å². The molecule has 1 heterocycles. The SMILES string of the molecule is COC(=O)[C@H](Cc1ccc(OC)nc1)NC(=O)C(c1ccccc1)(c1ccccc1)c1ccccc1. The van der Waals surface area contributed by atoms with Gasteiger partial charge in [-0.25, -0.2) is 9.78 Å². The number of amides is 1. The number of methoxy groups -OCH3 is 2. The van der Waals surface area contributed by atoms with Crippen LogP contribution in [0.25, 0.3) is 0 Å². The number of ether oxygens (including phenoxy) is 2. The molecular formula is C30H28N2O4. The summed E-state index contributed by atoms with van der Waals surface area (Å²) in [6, 6.07) is 31.4. The molecule has 4 rings (SSSR count). The van der Waals surface area contributed by atoms with Gasteiger partial charge in [-0.15, -0.1) is 0 Å². The Morgan fingerprint density at radius 2 is 1.28 bits per heavy atom. The van der Waals surface area contributed by atoms with Crippen molar-refractivity contribution in [3.05, 3.63) is 132 Å². The number of hydrogen-bond acceptors (Lipinski definition) is 5. The zero-order valence-electron chi connectivity index (χ0n) is 20.3. The van der Waals surface area contributed by atoms with E-state index < -0.39 is 17.4 Å². The van der Waals surface area contributed by atoms with Crippen LogP contribution in [0.1, 0.15) is 22.3 Å². The molecule has 0 unspecified atom stereocenters. The van der Waals surface area contributed by atoms with E-state index in [1.807, 2.05) is 97.1 Å². The molecule has 36 heavy (non-hydrogen) atoms. The molecule has 6 heteroatoms. The maximum absolute atomic E-state index is 14.4. The van der Waals surface area contributed by atoms with Gasteiger partial charge in [-0.1, -0.05) is 97.1 Å². The number of aromatic nitrogens is 1. The maximum Gasteiger partial charge on any atom is 0.328 e. The van der Waals surface area contributed by atoms with E-state index in [4.69, 9.17) is 9.47 Å². The highest BCUT2D eigenvalue weighted by atomic mass is 16.5. The molecular weight excluding hydrogens is 452 g/mol. The molecule has 6 nitrogen and oxygen atoms in total. The van der Waals surface area contributed by atoms with Crippen LogP contribution in [-0.2, 0) is 26.2 Å². The van der Waals surface area contributed by atoms with Crippen molar-refractivity contribution in [2.75, 3.05) is 14.2 Å². The number of benzene rings is 3. The zero-order chi connectivity index (χ0) is 25.4. The molecule has 1 amide bonds. The van der Waals surface area contributed by atoms with Gasteiger partial charge in [-0.05, 0) is 22.3 Å². The molecule has 0 aliphatic carbocycles. The second-order valence-electron chi connectivity index (χ2n) is 8.31. The monoisotopic (exact) mass is 480 g/mol. The molecule has 182 valence electrons. The largest absolute Gasteiger partial charge is 0.481 e. The van der Waals surface area contributed by atoms with Crippen molar-refractivity contribution >= 4 is 11.9 Å². The van der Waals surface area contributed by atoms with Crippen LogP contribution in [0.3, 0.4) is 0 Å². The molecule has 0 fully saturated rings. The smallest absolute Gasteiger partial charge is 0.328 e. The molecule has 1 N–H and O–H groups in total. The van der Waals surface area contributed by atoms with Crippen molar-refractivity contribution in [3.8, 4) is 5.88 Å². The highest BCUT2D eigenvalue weighted by Crippen LogP contribution is 2.39. The summed E-state index contributed by atoms with van der Waals surface area (Å²) in [7, 11) is 2.85.